The molecule has 1 heterocycles. The maximum Gasteiger partial charge on any atom is 0.115 e. The molecule has 2 unspecified atom stereocenters. The summed E-state index contributed by atoms with van der Waals surface area (Å²) in [6.45, 7) is 10.3. The van der Waals surface area contributed by atoms with Crippen molar-refractivity contribution in [3.8, 4) is 5.75 Å². The number of rotatable bonds is 5. The van der Waals surface area contributed by atoms with Crippen molar-refractivity contribution in [2.45, 2.75) is 45.7 Å². The number of phenols is 1. The molecule has 0 bridgehead atoms. The van der Waals surface area contributed by atoms with Crippen molar-refractivity contribution in [2.75, 3.05) is 19.6 Å². The molecule has 3 heteroatoms. The van der Waals surface area contributed by atoms with E-state index in [1.165, 1.54) is 24.9 Å². The number of aromatic hydroxyl groups is 1. The molecule has 0 aromatic heterocycles. The monoisotopic (exact) mass is 276 g/mol. The van der Waals surface area contributed by atoms with Gasteiger partial charge < -0.3 is 10.4 Å². The van der Waals surface area contributed by atoms with Gasteiger partial charge in [-0.25, -0.2) is 0 Å². The average molecular weight is 276 g/mol. The summed E-state index contributed by atoms with van der Waals surface area (Å²) < 4.78 is 0. The molecular formula is C17H28N2O. The van der Waals surface area contributed by atoms with Gasteiger partial charge in [0.2, 0.25) is 0 Å². The van der Waals surface area contributed by atoms with Gasteiger partial charge in [0.1, 0.15) is 5.75 Å². The minimum Gasteiger partial charge on any atom is -0.508 e. The van der Waals surface area contributed by atoms with Crippen molar-refractivity contribution in [3.05, 3.63) is 29.8 Å². The van der Waals surface area contributed by atoms with Crippen LogP contribution in [0.3, 0.4) is 0 Å². The van der Waals surface area contributed by atoms with Crippen LogP contribution in [0, 0.1) is 5.92 Å². The fourth-order valence-corrected chi connectivity index (χ4v) is 3.14. The van der Waals surface area contributed by atoms with Crippen LogP contribution in [0.4, 0.5) is 0 Å². The van der Waals surface area contributed by atoms with E-state index >= 15 is 0 Å². The number of piperidine rings is 1. The fraction of sp³-hybridized carbons (Fsp3) is 0.647. The third-order valence-electron chi connectivity index (χ3n) is 4.40. The smallest absolute Gasteiger partial charge is 0.115 e. The number of benzene rings is 1. The van der Waals surface area contributed by atoms with Crippen molar-refractivity contribution in [1.82, 2.24) is 10.2 Å². The van der Waals surface area contributed by atoms with Gasteiger partial charge in [0.05, 0.1) is 0 Å². The zero-order chi connectivity index (χ0) is 14.5. The lowest BCUT2D eigenvalue weighted by molar-refractivity contribution is 0.126. The van der Waals surface area contributed by atoms with Crippen LogP contribution in [-0.2, 0) is 0 Å². The SMILES string of the molecule is CC(C)N(CC1CCCNC1)C(C)c1ccc(O)cc1. The molecule has 1 fully saturated rings. The molecule has 2 rings (SSSR count). The molecule has 1 aliphatic rings. The molecule has 20 heavy (non-hydrogen) atoms. The van der Waals surface area contributed by atoms with Crippen LogP contribution in [0.1, 0.15) is 45.2 Å². The van der Waals surface area contributed by atoms with Crippen molar-refractivity contribution in [3.63, 3.8) is 0 Å². The highest BCUT2D eigenvalue weighted by Gasteiger charge is 2.23. The molecule has 0 spiro atoms. The first-order chi connectivity index (χ1) is 9.58. The molecule has 112 valence electrons. The number of hydrogen-bond donors (Lipinski definition) is 2. The van der Waals surface area contributed by atoms with E-state index in [0.717, 1.165) is 19.0 Å². The molecule has 1 saturated heterocycles. The summed E-state index contributed by atoms with van der Waals surface area (Å²) in [7, 11) is 0. The standard InChI is InChI=1S/C17H28N2O/c1-13(2)19(12-15-5-4-10-18-11-15)14(3)16-6-8-17(20)9-7-16/h6-9,13-15,18,20H,4-5,10-12H2,1-3H3. The first kappa shape index (κ1) is 15.3. The predicted molar refractivity (Wildman–Crippen MR) is 84.0 cm³/mol. The van der Waals surface area contributed by atoms with Gasteiger partial charge in [-0.3, -0.25) is 4.90 Å². The van der Waals surface area contributed by atoms with Crippen LogP contribution >= 0.6 is 0 Å². The highest BCUT2D eigenvalue weighted by molar-refractivity contribution is 5.27. The summed E-state index contributed by atoms with van der Waals surface area (Å²) in [5.74, 6) is 1.10. The van der Waals surface area contributed by atoms with Crippen molar-refractivity contribution < 1.29 is 5.11 Å². The third-order valence-corrected chi connectivity index (χ3v) is 4.40. The van der Waals surface area contributed by atoms with Gasteiger partial charge in [0.25, 0.3) is 0 Å². The summed E-state index contributed by atoms with van der Waals surface area (Å²) >= 11 is 0. The number of hydrogen-bond acceptors (Lipinski definition) is 3. The van der Waals surface area contributed by atoms with E-state index in [2.05, 4.69) is 31.0 Å². The van der Waals surface area contributed by atoms with E-state index in [1.807, 2.05) is 12.1 Å². The Kier molecular flexibility index (Phi) is 5.44. The topological polar surface area (TPSA) is 35.5 Å². The Labute approximate surface area is 123 Å². The molecule has 2 N–H and O–H groups in total. The van der Waals surface area contributed by atoms with E-state index in [9.17, 15) is 5.11 Å². The molecule has 2 atom stereocenters. The zero-order valence-electron chi connectivity index (χ0n) is 13.0. The fourth-order valence-electron chi connectivity index (χ4n) is 3.14. The van der Waals surface area contributed by atoms with Gasteiger partial charge in [0.15, 0.2) is 0 Å². The summed E-state index contributed by atoms with van der Waals surface area (Å²) in [6, 6.07) is 8.56. The van der Waals surface area contributed by atoms with Gasteiger partial charge in [-0.1, -0.05) is 12.1 Å². The van der Waals surface area contributed by atoms with E-state index in [1.54, 1.807) is 12.1 Å². The van der Waals surface area contributed by atoms with Crippen molar-refractivity contribution in [2.24, 2.45) is 5.92 Å². The van der Waals surface area contributed by atoms with E-state index < -0.39 is 0 Å². The highest BCUT2D eigenvalue weighted by atomic mass is 16.3. The van der Waals surface area contributed by atoms with Gasteiger partial charge in [-0.15, -0.1) is 0 Å². The minimum atomic E-state index is 0.341. The largest absolute Gasteiger partial charge is 0.508 e. The second-order valence-corrected chi connectivity index (χ2v) is 6.27. The first-order valence-electron chi connectivity index (χ1n) is 7.83. The third kappa shape index (κ3) is 3.97. The molecule has 1 aromatic carbocycles. The average Bonchev–Trinajstić information content (AvgIpc) is 2.45. The second-order valence-electron chi connectivity index (χ2n) is 6.27. The molecule has 0 radical (unpaired) electrons. The predicted octanol–water partition coefficient (Wildman–Crippen LogP) is 3.16. The van der Waals surface area contributed by atoms with E-state index in [4.69, 9.17) is 0 Å². The lowest BCUT2D eigenvalue weighted by Crippen LogP contribution is -2.42. The normalized spacial score (nSPS) is 21.4. The number of nitrogens with one attached hydrogen (secondary N) is 1. The van der Waals surface area contributed by atoms with E-state index in [-0.39, 0.29) is 0 Å². The zero-order valence-corrected chi connectivity index (χ0v) is 13.0. The molecular weight excluding hydrogens is 248 g/mol. The Bertz CT molecular complexity index is 396. The van der Waals surface area contributed by atoms with Crippen molar-refractivity contribution in [1.29, 1.82) is 0 Å². The quantitative estimate of drug-likeness (QED) is 0.867. The van der Waals surface area contributed by atoms with Gasteiger partial charge in [-0.05, 0) is 70.3 Å². The molecule has 1 aliphatic heterocycles. The molecule has 1 aromatic rings. The maximum absolute atomic E-state index is 9.43. The summed E-state index contributed by atoms with van der Waals surface area (Å²) in [5, 5.41) is 12.9. The van der Waals surface area contributed by atoms with Crippen LogP contribution in [0.5, 0.6) is 5.75 Å². The second kappa shape index (κ2) is 7.09. The van der Waals surface area contributed by atoms with E-state index in [0.29, 0.717) is 17.8 Å². The Morgan fingerprint density at radius 3 is 2.50 bits per heavy atom. The van der Waals surface area contributed by atoms with Gasteiger partial charge in [0, 0.05) is 18.6 Å². The number of nitrogens with zero attached hydrogens (tertiary/aromatic N) is 1. The van der Waals surface area contributed by atoms with Crippen LogP contribution in [0.25, 0.3) is 0 Å². The molecule has 0 aliphatic carbocycles. The Morgan fingerprint density at radius 2 is 1.95 bits per heavy atom. The number of phenolic OH excluding ortho intramolecular Hbond substituents is 1. The molecule has 0 amide bonds. The van der Waals surface area contributed by atoms with Crippen molar-refractivity contribution >= 4 is 0 Å². The Balaban J connectivity index is 2.04. The summed E-state index contributed by atoms with van der Waals surface area (Å²) in [4.78, 5) is 2.57. The molecule has 3 nitrogen and oxygen atoms in total. The van der Waals surface area contributed by atoms with Crippen LogP contribution in [-0.4, -0.2) is 35.7 Å². The molecule has 0 saturated carbocycles. The van der Waals surface area contributed by atoms with Crippen LogP contribution < -0.4 is 5.32 Å². The highest BCUT2D eigenvalue weighted by Crippen LogP contribution is 2.26. The minimum absolute atomic E-state index is 0.341. The summed E-state index contributed by atoms with van der Waals surface area (Å²) in [6.07, 6.45) is 2.63. The summed E-state index contributed by atoms with van der Waals surface area (Å²) in [5.41, 5.74) is 1.28. The lowest BCUT2D eigenvalue weighted by atomic mass is 9.96. The van der Waals surface area contributed by atoms with Crippen LogP contribution in [0.2, 0.25) is 0 Å². The maximum atomic E-state index is 9.43. The Hall–Kier alpha value is -1.06. The van der Waals surface area contributed by atoms with Gasteiger partial charge >= 0.3 is 0 Å². The van der Waals surface area contributed by atoms with Gasteiger partial charge in [-0.2, -0.15) is 0 Å². The Morgan fingerprint density at radius 1 is 1.25 bits per heavy atom. The van der Waals surface area contributed by atoms with Crippen LogP contribution in [0.15, 0.2) is 24.3 Å². The first-order valence-corrected chi connectivity index (χ1v) is 7.83. The lowest BCUT2D eigenvalue weighted by Gasteiger charge is -2.37.